The van der Waals surface area contributed by atoms with Crippen LogP contribution in [0.2, 0.25) is 0 Å². The number of thiophene rings is 1. The molecule has 1 fully saturated rings. The van der Waals surface area contributed by atoms with Crippen LogP contribution < -0.4 is 5.32 Å². The van der Waals surface area contributed by atoms with Crippen molar-refractivity contribution in [3.63, 3.8) is 0 Å². The molecular formula is C14H21N3S. The normalized spacial score (nSPS) is 17.8. The van der Waals surface area contributed by atoms with Crippen LogP contribution in [0, 0.1) is 17.2 Å². The highest BCUT2D eigenvalue weighted by molar-refractivity contribution is 7.10. The van der Waals surface area contributed by atoms with Crippen LogP contribution >= 0.6 is 11.3 Å². The van der Waals surface area contributed by atoms with Crippen molar-refractivity contribution >= 4 is 11.3 Å². The molecule has 98 valence electrons. The summed E-state index contributed by atoms with van der Waals surface area (Å²) in [6, 6.07) is 4.14. The van der Waals surface area contributed by atoms with E-state index in [2.05, 4.69) is 23.2 Å². The second kappa shape index (κ2) is 6.89. The Balaban J connectivity index is 1.60. The molecule has 1 saturated heterocycles. The number of nitrogens with zero attached hydrogens (tertiary/aromatic N) is 2. The Morgan fingerprint density at radius 3 is 2.94 bits per heavy atom. The quantitative estimate of drug-likeness (QED) is 0.829. The van der Waals surface area contributed by atoms with Gasteiger partial charge < -0.3 is 10.2 Å². The Labute approximate surface area is 113 Å². The minimum Gasteiger partial charge on any atom is -0.311 e. The van der Waals surface area contributed by atoms with E-state index >= 15 is 0 Å². The van der Waals surface area contributed by atoms with Crippen molar-refractivity contribution in [1.82, 2.24) is 10.2 Å². The lowest BCUT2D eigenvalue weighted by Crippen LogP contribution is -2.37. The predicted octanol–water partition coefficient (Wildman–Crippen LogP) is 2.44. The fraction of sp³-hybridized carbons (Fsp3) is 0.643. The van der Waals surface area contributed by atoms with E-state index in [1.54, 1.807) is 11.3 Å². The molecule has 0 aliphatic carbocycles. The number of piperidine rings is 1. The van der Waals surface area contributed by atoms with E-state index in [1.807, 2.05) is 11.4 Å². The van der Waals surface area contributed by atoms with Crippen molar-refractivity contribution in [2.24, 2.45) is 5.92 Å². The SMILES string of the molecule is CC1CCN(CCNCc2cc(C#N)cs2)CC1. The minimum absolute atomic E-state index is 0.779. The monoisotopic (exact) mass is 263 g/mol. The molecule has 0 unspecified atom stereocenters. The van der Waals surface area contributed by atoms with E-state index in [1.165, 1.54) is 30.8 Å². The third kappa shape index (κ3) is 4.09. The van der Waals surface area contributed by atoms with Gasteiger partial charge in [0.25, 0.3) is 0 Å². The van der Waals surface area contributed by atoms with E-state index in [0.29, 0.717) is 0 Å². The summed E-state index contributed by atoms with van der Waals surface area (Å²) in [5, 5.41) is 14.1. The molecule has 4 heteroatoms. The molecule has 0 radical (unpaired) electrons. The van der Waals surface area contributed by atoms with Crippen LogP contribution in [0.25, 0.3) is 0 Å². The first kappa shape index (κ1) is 13.5. The first-order chi connectivity index (χ1) is 8.78. The van der Waals surface area contributed by atoms with E-state index < -0.39 is 0 Å². The van der Waals surface area contributed by atoms with Gasteiger partial charge in [-0.1, -0.05) is 6.92 Å². The number of nitriles is 1. The zero-order valence-electron chi connectivity index (χ0n) is 11.0. The van der Waals surface area contributed by atoms with Crippen LogP contribution in [-0.2, 0) is 6.54 Å². The zero-order chi connectivity index (χ0) is 12.8. The Morgan fingerprint density at radius 1 is 1.50 bits per heavy atom. The summed E-state index contributed by atoms with van der Waals surface area (Å²) in [6.45, 7) is 7.91. The fourth-order valence-corrected chi connectivity index (χ4v) is 3.05. The molecule has 1 aliphatic rings. The lowest BCUT2D eigenvalue weighted by molar-refractivity contribution is 0.193. The van der Waals surface area contributed by atoms with Crippen molar-refractivity contribution in [3.05, 3.63) is 21.9 Å². The summed E-state index contributed by atoms with van der Waals surface area (Å²) < 4.78 is 0. The number of likely N-dealkylation sites (tertiary alicyclic amines) is 1. The zero-order valence-corrected chi connectivity index (χ0v) is 11.8. The summed E-state index contributed by atoms with van der Waals surface area (Å²) in [5.74, 6) is 0.907. The van der Waals surface area contributed by atoms with Crippen LogP contribution in [0.1, 0.15) is 30.2 Å². The minimum atomic E-state index is 0.779. The molecule has 0 saturated carbocycles. The molecule has 3 nitrogen and oxygen atoms in total. The third-order valence-electron chi connectivity index (χ3n) is 3.56. The largest absolute Gasteiger partial charge is 0.311 e. The molecule has 2 heterocycles. The number of hydrogen-bond acceptors (Lipinski definition) is 4. The molecule has 0 spiro atoms. The maximum absolute atomic E-state index is 8.74. The average Bonchev–Trinajstić information content (AvgIpc) is 2.85. The third-order valence-corrected chi connectivity index (χ3v) is 4.50. The highest BCUT2D eigenvalue weighted by Gasteiger charge is 2.14. The highest BCUT2D eigenvalue weighted by atomic mass is 32.1. The Kier molecular flexibility index (Phi) is 5.18. The highest BCUT2D eigenvalue weighted by Crippen LogP contribution is 2.15. The summed E-state index contributed by atoms with van der Waals surface area (Å²) in [6.07, 6.45) is 2.69. The van der Waals surface area contributed by atoms with Gasteiger partial charge in [-0.3, -0.25) is 0 Å². The van der Waals surface area contributed by atoms with Crippen LogP contribution in [0.5, 0.6) is 0 Å². The van der Waals surface area contributed by atoms with E-state index in [9.17, 15) is 0 Å². The van der Waals surface area contributed by atoms with E-state index in [-0.39, 0.29) is 0 Å². The molecule has 1 N–H and O–H groups in total. The summed E-state index contributed by atoms with van der Waals surface area (Å²) in [5.41, 5.74) is 0.779. The van der Waals surface area contributed by atoms with Gasteiger partial charge in [0.05, 0.1) is 5.56 Å². The lowest BCUT2D eigenvalue weighted by atomic mass is 9.99. The van der Waals surface area contributed by atoms with Gasteiger partial charge in [0.1, 0.15) is 6.07 Å². The van der Waals surface area contributed by atoms with Crippen LogP contribution in [0.4, 0.5) is 0 Å². The summed E-state index contributed by atoms with van der Waals surface area (Å²) in [4.78, 5) is 3.79. The maximum atomic E-state index is 8.74. The molecular weight excluding hydrogens is 242 g/mol. The predicted molar refractivity (Wildman–Crippen MR) is 75.6 cm³/mol. The van der Waals surface area contributed by atoms with Gasteiger partial charge >= 0.3 is 0 Å². The van der Waals surface area contributed by atoms with Crippen molar-refractivity contribution in [2.75, 3.05) is 26.2 Å². The molecule has 1 aliphatic heterocycles. The second-order valence-electron chi connectivity index (χ2n) is 5.11. The molecule has 1 aromatic rings. The van der Waals surface area contributed by atoms with Crippen molar-refractivity contribution < 1.29 is 0 Å². The molecule has 0 amide bonds. The Bertz CT molecular complexity index is 399. The molecule has 0 atom stereocenters. The number of nitrogens with one attached hydrogen (secondary N) is 1. The van der Waals surface area contributed by atoms with Gasteiger partial charge in [0.2, 0.25) is 0 Å². The first-order valence-electron chi connectivity index (χ1n) is 6.68. The first-order valence-corrected chi connectivity index (χ1v) is 7.56. The van der Waals surface area contributed by atoms with Crippen LogP contribution in [-0.4, -0.2) is 31.1 Å². The molecule has 0 aromatic carbocycles. The summed E-state index contributed by atoms with van der Waals surface area (Å²) in [7, 11) is 0. The van der Waals surface area contributed by atoms with Crippen molar-refractivity contribution in [2.45, 2.75) is 26.3 Å². The topological polar surface area (TPSA) is 39.1 Å². The standard InChI is InChI=1S/C14H21N3S/c1-12-2-5-17(6-3-12)7-4-16-10-14-8-13(9-15)11-18-14/h8,11-12,16H,2-7,10H2,1H3. The smallest absolute Gasteiger partial charge is 0.100 e. The molecule has 1 aromatic heterocycles. The Morgan fingerprint density at radius 2 is 2.28 bits per heavy atom. The molecule has 0 bridgehead atoms. The van der Waals surface area contributed by atoms with Gasteiger partial charge in [-0.2, -0.15) is 5.26 Å². The Hall–Kier alpha value is -0.890. The lowest BCUT2D eigenvalue weighted by Gasteiger charge is -2.30. The van der Waals surface area contributed by atoms with E-state index in [4.69, 9.17) is 5.26 Å². The van der Waals surface area contributed by atoms with Crippen LogP contribution in [0.3, 0.4) is 0 Å². The van der Waals surface area contributed by atoms with Gasteiger partial charge in [-0.15, -0.1) is 11.3 Å². The number of hydrogen-bond donors (Lipinski definition) is 1. The average molecular weight is 263 g/mol. The van der Waals surface area contributed by atoms with Crippen LogP contribution in [0.15, 0.2) is 11.4 Å². The number of rotatable bonds is 5. The fourth-order valence-electron chi connectivity index (χ4n) is 2.27. The second-order valence-corrected chi connectivity index (χ2v) is 6.11. The van der Waals surface area contributed by atoms with E-state index in [0.717, 1.165) is 31.1 Å². The molecule has 18 heavy (non-hydrogen) atoms. The van der Waals surface area contributed by atoms with Crippen molar-refractivity contribution in [1.29, 1.82) is 5.26 Å². The van der Waals surface area contributed by atoms with Gasteiger partial charge in [-0.25, -0.2) is 0 Å². The van der Waals surface area contributed by atoms with Gasteiger partial charge in [-0.05, 0) is 37.9 Å². The molecule has 2 rings (SSSR count). The maximum Gasteiger partial charge on any atom is 0.100 e. The van der Waals surface area contributed by atoms with Gasteiger partial charge in [0, 0.05) is 29.9 Å². The van der Waals surface area contributed by atoms with Crippen molar-refractivity contribution in [3.8, 4) is 6.07 Å². The van der Waals surface area contributed by atoms with Gasteiger partial charge in [0.15, 0.2) is 0 Å². The summed E-state index contributed by atoms with van der Waals surface area (Å²) >= 11 is 1.66.